The van der Waals surface area contributed by atoms with Crippen molar-refractivity contribution in [3.63, 3.8) is 0 Å². The number of nitrogens with zero attached hydrogens (tertiary/aromatic N) is 4. The van der Waals surface area contributed by atoms with E-state index in [0.29, 0.717) is 28.5 Å². The third kappa shape index (κ3) is 2.77. The van der Waals surface area contributed by atoms with Crippen molar-refractivity contribution >= 4 is 22.8 Å². The molecule has 0 bridgehead atoms. The van der Waals surface area contributed by atoms with Gasteiger partial charge in [0.05, 0.1) is 11.2 Å². The molecule has 0 saturated carbocycles. The van der Waals surface area contributed by atoms with Gasteiger partial charge in [0.2, 0.25) is 11.9 Å². The van der Waals surface area contributed by atoms with Crippen LogP contribution in [0.3, 0.4) is 0 Å². The summed E-state index contributed by atoms with van der Waals surface area (Å²) in [6, 6.07) is 15.8. The second-order valence-electron chi connectivity index (χ2n) is 5.12. The van der Waals surface area contributed by atoms with Gasteiger partial charge in [0.1, 0.15) is 5.82 Å². The lowest BCUT2D eigenvalue weighted by atomic mass is 10.1. The average molecular weight is 317 g/mol. The quantitative estimate of drug-likeness (QED) is 0.619. The summed E-state index contributed by atoms with van der Waals surface area (Å²) in [5.74, 6) is 0.438. The minimum absolute atomic E-state index is 0.324. The van der Waals surface area contributed by atoms with Crippen molar-refractivity contribution in [3.8, 4) is 11.3 Å². The van der Waals surface area contributed by atoms with Gasteiger partial charge in [-0.25, -0.2) is 24.3 Å². The summed E-state index contributed by atoms with van der Waals surface area (Å²) >= 11 is 0. The number of aromatic nitrogens is 4. The van der Waals surface area contributed by atoms with E-state index >= 15 is 0 Å². The molecule has 0 aliphatic heterocycles. The van der Waals surface area contributed by atoms with Crippen LogP contribution in [0.15, 0.2) is 67.0 Å². The maximum atomic E-state index is 13.7. The number of nitrogens with one attached hydrogen (secondary N) is 1. The summed E-state index contributed by atoms with van der Waals surface area (Å²) in [6.45, 7) is 0. The van der Waals surface area contributed by atoms with Gasteiger partial charge in [0.25, 0.3) is 0 Å². The van der Waals surface area contributed by atoms with Crippen molar-refractivity contribution in [2.75, 3.05) is 5.32 Å². The molecule has 0 fully saturated rings. The minimum atomic E-state index is -0.324. The molecule has 4 aromatic rings. The molecule has 24 heavy (non-hydrogen) atoms. The Balaban J connectivity index is 1.89. The Morgan fingerprint density at radius 1 is 0.792 bits per heavy atom. The lowest BCUT2D eigenvalue weighted by Gasteiger charge is -2.09. The van der Waals surface area contributed by atoms with Crippen LogP contribution >= 0.6 is 0 Å². The first kappa shape index (κ1) is 14.2. The SMILES string of the molecule is Fc1ccc2nc(Nc3ncccn3)nc(-c3ccccc3)c2c1. The molecule has 0 saturated heterocycles. The number of hydrogen-bond acceptors (Lipinski definition) is 5. The molecule has 0 atom stereocenters. The molecule has 0 radical (unpaired) electrons. The van der Waals surface area contributed by atoms with Gasteiger partial charge in [-0.05, 0) is 24.3 Å². The van der Waals surface area contributed by atoms with Crippen LogP contribution in [0.2, 0.25) is 0 Å². The van der Waals surface area contributed by atoms with Crippen molar-refractivity contribution in [2.45, 2.75) is 0 Å². The summed E-state index contributed by atoms with van der Waals surface area (Å²) in [7, 11) is 0. The monoisotopic (exact) mass is 317 g/mol. The van der Waals surface area contributed by atoms with Crippen molar-refractivity contribution in [2.24, 2.45) is 0 Å². The standard InChI is InChI=1S/C18H12FN5/c19-13-7-8-15-14(11-13)16(12-5-2-1-3-6-12)23-18(22-15)24-17-20-9-4-10-21-17/h1-11H,(H,20,21,22,23,24). The first-order valence-electron chi connectivity index (χ1n) is 7.36. The number of halogens is 1. The lowest BCUT2D eigenvalue weighted by molar-refractivity contribution is 0.629. The van der Waals surface area contributed by atoms with Crippen LogP contribution in [0, 0.1) is 5.82 Å². The van der Waals surface area contributed by atoms with Crippen LogP contribution < -0.4 is 5.32 Å². The van der Waals surface area contributed by atoms with E-state index in [1.54, 1.807) is 24.5 Å². The van der Waals surface area contributed by atoms with E-state index < -0.39 is 0 Å². The van der Waals surface area contributed by atoms with E-state index in [1.165, 1.54) is 12.1 Å². The van der Waals surface area contributed by atoms with Crippen LogP contribution in [0.4, 0.5) is 16.3 Å². The molecule has 0 unspecified atom stereocenters. The molecule has 2 heterocycles. The zero-order valence-electron chi connectivity index (χ0n) is 12.5. The zero-order valence-corrected chi connectivity index (χ0v) is 12.5. The van der Waals surface area contributed by atoms with E-state index in [0.717, 1.165) is 5.56 Å². The van der Waals surface area contributed by atoms with E-state index in [2.05, 4.69) is 25.3 Å². The van der Waals surface area contributed by atoms with Gasteiger partial charge >= 0.3 is 0 Å². The molecule has 2 aromatic carbocycles. The molecule has 0 aliphatic rings. The summed E-state index contributed by atoms with van der Waals surface area (Å²) in [6.07, 6.45) is 3.26. The van der Waals surface area contributed by atoms with E-state index in [4.69, 9.17) is 0 Å². The van der Waals surface area contributed by atoms with Crippen LogP contribution in [0.25, 0.3) is 22.2 Å². The molecule has 0 amide bonds. The number of anilines is 2. The highest BCUT2D eigenvalue weighted by Crippen LogP contribution is 2.28. The highest BCUT2D eigenvalue weighted by Gasteiger charge is 2.11. The fourth-order valence-electron chi connectivity index (χ4n) is 2.44. The van der Waals surface area contributed by atoms with Crippen LogP contribution in [-0.4, -0.2) is 19.9 Å². The van der Waals surface area contributed by atoms with Gasteiger partial charge in [0, 0.05) is 23.3 Å². The Hall–Kier alpha value is -3.41. The highest BCUT2D eigenvalue weighted by atomic mass is 19.1. The van der Waals surface area contributed by atoms with Gasteiger partial charge in [-0.3, -0.25) is 5.32 Å². The molecular weight excluding hydrogens is 305 g/mol. The van der Waals surface area contributed by atoms with Crippen LogP contribution in [-0.2, 0) is 0 Å². The third-order valence-corrected chi connectivity index (χ3v) is 3.49. The summed E-state index contributed by atoms with van der Waals surface area (Å²) < 4.78 is 13.7. The number of fused-ring (bicyclic) bond motifs is 1. The predicted octanol–water partition coefficient (Wildman–Crippen LogP) is 3.97. The Bertz CT molecular complexity index is 990. The summed E-state index contributed by atoms with van der Waals surface area (Å²) in [4.78, 5) is 17.2. The Morgan fingerprint density at radius 3 is 2.38 bits per heavy atom. The number of rotatable bonds is 3. The van der Waals surface area contributed by atoms with E-state index in [-0.39, 0.29) is 5.82 Å². The van der Waals surface area contributed by atoms with Gasteiger partial charge in [-0.1, -0.05) is 30.3 Å². The van der Waals surface area contributed by atoms with Crippen molar-refractivity contribution in [1.82, 2.24) is 19.9 Å². The maximum absolute atomic E-state index is 13.7. The Morgan fingerprint density at radius 2 is 1.58 bits per heavy atom. The molecule has 0 aliphatic carbocycles. The predicted molar refractivity (Wildman–Crippen MR) is 90.2 cm³/mol. The Kier molecular flexibility index (Phi) is 3.55. The first-order valence-corrected chi connectivity index (χ1v) is 7.36. The van der Waals surface area contributed by atoms with Crippen LogP contribution in [0.5, 0.6) is 0 Å². The molecule has 5 nitrogen and oxygen atoms in total. The van der Waals surface area contributed by atoms with E-state index in [9.17, 15) is 4.39 Å². The largest absolute Gasteiger partial charge is 0.293 e. The lowest BCUT2D eigenvalue weighted by Crippen LogP contribution is -2.02. The highest BCUT2D eigenvalue weighted by molar-refractivity contribution is 5.93. The molecule has 0 spiro atoms. The Labute approximate surface area is 137 Å². The molecule has 6 heteroatoms. The summed E-state index contributed by atoms with van der Waals surface area (Å²) in [5.41, 5.74) is 2.18. The minimum Gasteiger partial charge on any atom is -0.293 e. The topological polar surface area (TPSA) is 63.6 Å². The van der Waals surface area contributed by atoms with Crippen molar-refractivity contribution in [3.05, 3.63) is 72.8 Å². The van der Waals surface area contributed by atoms with Gasteiger partial charge in [0.15, 0.2) is 0 Å². The molecule has 116 valence electrons. The van der Waals surface area contributed by atoms with Gasteiger partial charge < -0.3 is 0 Å². The maximum Gasteiger partial charge on any atom is 0.230 e. The van der Waals surface area contributed by atoms with Crippen molar-refractivity contribution < 1.29 is 4.39 Å². The first-order chi connectivity index (χ1) is 11.8. The second kappa shape index (κ2) is 6.00. The molecular formula is C18H12FN5. The van der Waals surface area contributed by atoms with Gasteiger partial charge in [-0.15, -0.1) is 0 Å². The average Bonchev–Trinajstić information content (AvgIpc) is 2.63. The van der Waals surface area contributed by atoms with Gasteiger partial charge in [-0.2, -0.15) is 0 Å². The normalized spacial score (nSPS) is 10.7. The van der Waals surface area contributed by atoms with Crippen LogP contribution in [0.1, 0.15) is 0 Å². The number of benzene rings is 2. The fraction of sp³-hybridized carbons (Fsp3) is 0. The second-order valence-corrected chi connectivity index (χ2v) is 5.12. The fourth-order valence-corrected chi connectivity index (χ4v) is 2.44. The van der Waals surface area contributed by atoms with E-state index in [1.807, 2.05) is 30.3 Å². The molecule has 1 N–H and O–H groups in total. The zero-order chi connectivity index (χ0) is 16.4. The summed E-state index contributed by atoms with van der Waals surface area (Å²) in [5, 5.41) is 3.64. The molecule has 4 rings (SSSR count). The smallest absolute Gasteiger partial charge is 0.230 e. The molecule has 2 aromatic heterocycles. The third-order valence-electron chi connectivity index (χ3n) is 3.49. The van der Waals surface area contributed by atoms with Crippen molar-refractivity contribution in [1.29, 1.82) is 0 Å². The number of hydrogen-bond donors (Lipinski definition) is 1.